The summed E-state index contributed by atoms with van der Waals surface area (Å²) in [4.78, 5) is 25.0. The fraction of sp³-hybridized carbons (Fsp3) is 0.385. The Labute approximate surface area is 110 Å². The Kier molecular flexibility index (Phi) is 3.42. The summed E-state index contributed by atoms with van der Waals surface area (Å²) in [5.41, 5.74) is 6.40. The van der Waals surface area contributed by atoms with E-state index in [1.807, 2.05) is 13.8 Å². The van der Waals surface area contributed by atoms with Crippen LogP contribution in [0.5, 0.6) is 0 Å². The third-order valence-corrected chi connectivity index (χ3v) is 3.19. The van der Waals surface area contributed by atoms with E-state index in [0.717, 1.165) is 0 Å². The van der Waals surface area contributed by atoms with Crippen LogP contribution in [0.4, 0.5) is 14.9 Å². The van der Waals surface area contributed by atoms with E-state index in [1.54, 1.807) is 6.07 Å². The minimum absolute atomic E-state index is 0.0911. The van der Waals surface area contributed by atoms with Crippen molar-refractivity contribution in [3.8, 4) is 0 Å². The van der Waals surface area contributed by atoms with Crippen molar-refractivity contribution in [1.82, 2.24) is 4.90 Å². The first-order chi connectivity index (χ1) is 8.90. The highest BCUT2D eigenvalue weighted by molar-refractivity contribution is 5.98. The number of hydrogen-bond acceptors (Lipinski definition) is 2. The van der Waals surface area contributed by atoms with Crippen molar-refractivity contribution < 1.29 is 14.0 Å². The third kappa shape index (κ3) is 2.52. The molecule has 1 aromatic rings. The summed E-state index contributed by atoms with van der Waals surface area (Å²) in [5, 5.41) is 2.65. The molecule has 1 aliphatic heterocycles. The minimum Gasteiger partial charge on any atom is -0.351 e. The Morgan fingerprint density at radius 2 is 2.21 bits per heavy atom. The first-order valence-corrected chi connectivity index (χ1v) is 6.05. The second-order valence-electron chi connectivity index (χ2n) is 4.95. The topological polar surface area (TPSA) is 75.4 Å². The monoisotopic (exact) mass is 265 g/mol. The molecule has 0 bridgehead atoms. The van der Waals surface area contributed by atoms with Crippen LogP contribution in [0.2, 0.25) is 0 Å². The number of primary amides is 1. The number of rotatable bonds is 1. The molecule has 0 radical (unpaired) electrons. The predicted octanol–water partition coefficient (Wildman–Crippen LogP) is 1.68. The summed E-state index contributed by atoms with van der Waals surface area (Å²) >= 11 is 0. The van der Waals surface area contributed by atoms with Crippen molar-refractivity contribution in [3.63, 3.8) is 0 Å². The van der Waals surface area contributed by atoms with Gasteiger partial charge in [-0.3, -0.25) is 4.79 Å². The molecule has 0 aromatic heterocycles. The van der Waals surface area contributed by atoms with Crippen LogP contribution in [0.15, 0.2) is 18.2 Å². The minimum atomic E-state index is -0.661. The van der Waals surface area contributed by atoms with Crippen molar-refractivity contribution >= 4 is 17.6 Å². The number of fused-ring (bicyclic) bond motifs is 1. The highest BCUT2D eigenvalue weighted by Crippen LogP contribution is 2.26. The molecule has 6 heteroatoms. The fourth-order valence-corrected chi connectivity index (χ4v) is 2.31. The van der Waals surface area contributed by atoms with Crippen LogP contribution in [0, 0.1) is 11.7 Å². The summed E-state index contributed by atoms with van der Waals surface area (Å²) in [6.07, 6.45) is 0. The van der Waals surface area contributed by atoms with Crippen LogP contribution in [0.3, 0.4) is 0 Å². The lowest BCUT2D eigenvalue weighted by molar-refractivity contribution is -0.121. The normalized spacial score (nSPS) is 18.8. The number of halogens is 1. The number of benzene rings is 1. The maximum Gasteiger partial charge on any atom is 0.315 e. The van der Waals surface area contributed by atoms with E-state index in [2.05, 4.69) is 5.32 Å². The highest BCUT2D eigenvalue weighted by Gasteiger charge is 2.34. The molecule has 2 rings (SSSR count). The number of nitrogens with zero attached hydrogens (tertiary/aromatic N) is 1. The number of hydrogen-bond donors (Lipinski definition) is 2. The lowest BCUT2D eigenvalue weighted by atomic mass is 10.0. The molecule has 1 aromatic carbocycles. The maximum absolute atomic E-state index is 13.2. The average Bonchev–Trinajstić information content (AvgIpc) is 2.44. The van der Waals surface area contributed by atoms with Gasteiger partial charge >= 0.3 is 6.03 Å². The predicted molar refractivity (Wildman–Crippen MR) is 68.8 cm³/mol. The molecule has 0 spiro atoms. The first-order valence-electron chi connectivity index (χ1n) is 6.05. The van der Waals surface area contributed by atoms with Crippen LogP contribution in [0.1, 0.15) is 19.4 Å². The Balaban J connectivity index is 2.46. The van der Waals surface area contributed by atoms with E-state index in [9.17, 15) is 14.0 Å². The second kappa shape index (κ2) is 4.87. The SMILES string of the molecule is CC(C)C1C(=O)Nc2cc(F)ccc2CN1C(N)=O. The quantitative estimate of drug-likeness (QED) is 0.810. The summed E-state index contributed by atoms with van der Waals surface area (Å²) in [7, 11) is 0. The Morgan fingerprint density at radius 3 is 2.79 bits per heavy atom. The molecule has 102 valence electrons. The summed E-state index contributed by atoms with van der Waals surface area (Å²) in [5.74, 6) is -0.877. The van der Waals surface area contributed by atoms with Gasteiger partial charge in [0, 0.05) is 5.69 Å². The van der Waals surface area contributed by atoms with Gasteiger partial charge in [0.2, 0.25) is 5.91 Å². The third-order valence-electron chi connectivity index (χ3n) is 3.19. The molecule has 3 N–H and O–H groups in total. The van der Waals surface area contributed by atoms with Crippen molar-refractivity contribution in [2.24, 2.45) is 11.7 Å². The van der Waals surface area contributed by atoms with Crippen LogP contribution in [0.25, 0.3) is 0 Å². The molecular weight excluding hydrogens is 249 g/mol. The van der Waals surface area contributed by atoms with Crippen LogP contribution in [-0.2, 0) is 11.3 Å². The smallest absolute Gasteiger partial charge is 0.315 e. The van der Waals surface area contributed by atoms with E-state index in [4.69, 9.17) is 5.73 Å². The molecule has 0 fully saturated rings. The van der Waals surface area contributed by atoms with Gasteiger partial charge in [0.05, 0.1) is 6.54 Å². The molecule has 1 atom stereocenters. The van der Waals surface area contributed by atoms with Crippen molar-refractivity contribution in [2.45, 2.75) is 26.4 Å². The highest BCUT2D eigenvalue weighted by atomic mass is 19.1. The van der Waals surface area contributed by atoms with E-state index in [-0.39, 0.29) is 18.4 Å². The van der Waals surface area contributed by atoms with Crippen molar-refractivity contribution in [1.29, 1.82) is 0 Å². The molecule has 1 aliphatic rings. The summed E-state index contributed by atoms with van der Waals surface area (Å²) < 4.78 is 13.2. The average molecular weight is 265 g/mol. The number of nitrogens with one attached hydrogen (secondary N) is 1. The zero-order valence-corrected chi connectivity index (χ0v) is 10.8. The number of carbonyl (C=O) groups excluding carboxylic acids is 2. The number of nitrogens with two attached hydrogens (primary N) is 1. The maximum atomic E-state index is 13.2. The van der Waals surface area contributed by atoms with E-state index >= 15 is 0 Å². The van der Waals surface area contributed by atoms with Gasteiger partial charge in [-0.25, -0.2) is 9.18 Å². The largest absolute Gasteiger partial charge is 0.351 e. The Bertz CT molecular complexity index is 531. The van der Waals surface area contributed by atoms with E-state index < -0.39 is 17.9 Å². The molecule has 5 nitrogen and oxygen atoms in total. The van der Waals surface area contributed by atoms with Crippen LogP contribution >= 0.6 is 0 Å². The first kappa shape index (κ1) is 13.3. The molecular formula is C13H16FN3O2. The number of anilines is 1. The standard InChI is InChI=1S/C13H16FN3O2/c1-7(2)11-12(18)16-10-5-9(14)4-3-8(10)6-17(11)13(15)19/h3-5,7,11H,6H2,1-2H3,(H2,15,19)(H,16,18). The fourth-order valence-electron chi connectivity index (χ4n) is 2.31. The molecule has 0 saturated carbocycles. The molecule has 3 amide bonds. The number of amides is 3. The lowest BCUT2D eigenvalue weighted by Crippen LogP contribution is -2.50. The van der Waals surface area contributed by atoms with Gasteiger partial charge in [0.25, 0.3) is 0 Å². The molecule has 0 saturated heterocycles. The Hall–Kier alpha value is -2.11. The number of urea groups is 1. The molecule has 1 heterocycles. The van der Waals surface area contributed by atoms with Gasteiger partial charge < -0.3 is 16.0 Å². The Morgan fingerprint density at radius 1 is 1.53 bits per heavy atom. The van der Waals surface area contributed by atoms with Gasteiger partial charge in [-0.05, 0) is 23.6 Å². The van der Waals surface area contributed by atoms with Gasteiger partial charge in [-0.15, -0.1) is 0 Å². The summed E-state index contributed by atoms with van der Waals surface area (Å²) in [6, 6.07) is 2.76. The zero-order valence-electron chi connectivity index (χ0n) is 10.8. The zero-order chi connectivity index (χ0) is 14.2. The van der Waals surface area contributed by atoms with Crippen molar-refractivity contribution in [2.75, 3.05) is 5.32 Å². The van der Waals surface area contributed by atoms with Gasteiger partial charge in [-0.2, -0.15) is 0 Å². The summed E-state index contributed by atoms with van der Waals surface area (Å²) in [6.45, 7) is 3.85. The van der Waals surface area contributed by atoms with E-state index in [1.165, 1.54) is 17.0 Å². The second-order valence-corrected chi connectivity index (χ2v) is 4.95. The lowest BCUT2D eigenvalue weighted by Gasteiger charge is -2.29. The van der Waals surface area contributed by atoms with Crippen LogP contribution in [-0.4, -0.2) is 22.9 Å². The van der Waals surface area contributed by atoms with Gasteiger partial charge in [0.15, 0.2) is 0 Å². The molecule has 1 unspecified atom stereocenters. The number of carbonyl (C=O) groups is 2. The molecule has 0 aliphatic carbocycles. The molecule has 19 heavy (non-hydrogen) atoms. The van der Waals surface area contributed by atoms with Crippen molar-refractivity contribution in [3.05, 3.63) is 29.6 Å². The van der Waals surface area contributed by atoms with E-state index in [0.29, 0.717) is 11.3 Å². The van der Waals surface area contributed by atoms with Gasteiger partial charge in [-0.1, -0.05) is 19.9 Å². The van der Waals surface area contributed by atoms with Crippen LogP contribution < -0.4 is 11.1 Å². The van der Waals surface area contributed by atoms with Gasteiger partial charge in [0.1, 0.15) is 11.9 Å².